The minimum atomic E-state index is -5.05. The lowest BCUT2D eigenvalue weighted by molar-refractivity contribution is 0.480. The van der Waals surface area contributed by atoms with E-state index in [0.717, 1.165) is 48.6 Å². The highest BCUT2D eigenvalue weighted by Gasteiger charge is 2.24. The minimum absolute atomic E-state index is 0.0469. The smallest absolute Gasteiger partial charge is 0.297 e. The van der Waals surface area contributed by atoms with Crippen molar-refractivity contribution in [3.05, 3.63) is 95.5 Å². The molecule has 282 valence electrons. The fourth-order valence-electron chi connectivity index (χ4n) is 5.24. The van der Waals surface area contributed by atoms with Crippen LogP contribution in [0.4, 0.5) is 28.7 Å². The number of nitrogens with one attached hydrogen (secondary N) is 2. The first-order valence-electron chi connectivity index (χ1n) is 15.1. The van der Waals surface area contributed by atoms with Gasteiger partial charge in [-0.15, -0.1) is 10.2 Å². The Hall–Kier alpha value is -5.39. The van der Waals surface area contributed by atoms with Gasteiger partial charge in [0, 0.05) is 28.4 Å². The van der Waals surface area contributed by atoms with Crippen molar-refractivity contribution in [1.29, 1.82) is 0 Å². The first kappa shape index (κ1) is 39.8. The average Bonchev–Trinajstić information content (AvgIpc) is 3.06. The monoisotopic (exact) mass is 816 g/mol. The minimum Gasteiger partial charge on any atom is -0.505 e. The summed E-state index contributed by atoms with van der Waals surface area (Å²) in [5.74, 6) is -0.522. The fraction of sp³-hybridized carbons (Fsp3) is 0.0938. The van der Waals surface area contributed by atoms with Crippen LogP contribution in [0.25, 0.3) is 21.5 Å². The molecule has 1 heterocycles. The molecule has 0 atom stereocenters. The third-order valence-corrected chi connectivity index (χ3v) is 10.2. The van der Waals surface area contributed by atoms with Crippen LogP contribution in [0.1, 0.15) is 11.4 Å². The van der Waals surface area contributed by atoms with E-state index in [1.54, 1.807) is 0 Å². The Morgan fingerprint density at radius 3 is 2.09 bits per heavy atom. The van der Waals surface area contributed by atoms with E-state index in [2.05, 4.69) is 35.8 Å². The molecule has 0 saturated carbocycles. The summed E-state index contributed by atoms with van der Waals surface area (Å²) in [4.78, 5) is 9.78. The molecule has 0 aliphatic rings. The second-order valence-corrected chi connectivity index (χ2v) is 15.8. The van der Waals surface area contributed by atoms with Crippen LogP contribution in [0.2, 0.25) is 5.28 Å². The van der Waals surface area contributed by atoms with E-state index in [1.165, 1.54) is 30.7 Å². The maximum absolute atomic E-state index is 12.3. The maximum atomic E-state index is 12.3. The quantitative estimate of drug-likeness (QED) is 0.0520. The molecule has 0 amide bonds. The molecule has 54 heavy (non-hydrogen) atoms. The van der Waals surface area contributed by atoms with Gasteiger partial charge in [0.1, 0.15) is 27.0 Å². The van der Waals surface area contributed by atoms with Gasteiger partial charge in [0.2, 0.25) is 11.2 Å². The standard InChI is InChI=1S/C24H17ClN6O10S3.C8H12N2/c1-11-26-23(25)29-24(27-11)28-18-10-13(42(33,34)35)9-12-5-7-16(21(32)20(12)18)30-31-17-8-6-14-15(22(17)44(39,40)41)3-2-4-19(14)43(36,37)38;1-10-6-7-3-2-4-8(9)5-7/h2-10,32H,1H3,(H,33,34,35)(H,36,37,38)(H,39,40,41)(H,26,27,28,29);2-5,10H,6,9H2,1H3. The first-order valence-corrected chi connectivity index (χ1v) is 19.8. The summed E-state index contributed by atoms with van der Waals surface area (Å²) in [5.41, 5.74) is 6.77. The van der Waals surface area contributed by atoms with Crippen LogP contribution in [0.15, 0.2) is 104 Å². The molecule has 0 saturated heterocycles. The predicted molar refractivity (Wildman–Crippen MR) is 200 cm³/mol. The van der Waals surface area contributed by atoms with Crippen molar-refractivity contribution in [2.24, 2.45) is 10.2 Å². The Morgan fingerprint density at radius 2 is 1.46 bits per heavy atom. The number of phenolic OH excluding ortho intramolecular Hbond substituents is 1. The van der Waals surface area contributed by atoms with Crippen LogP contribution in [-0.4, -0.2) is 66.0 Å². The largest absolute Gasteiger partial charge is 0.505 e. The van der Waals surface area contributed by atoms with Gasteiger partial charge < -0.3 is 21.5 Å². The molecular formula is C32H29ClN8O10S3. The van der Waals surface area contributed by atoms with Gasteiger partial charge in [0.05, 0.1) is 10.6 Å². The number of aryl methyl sites for hydroxylation is 1. The molecule has 6 rings (SSSR count). The number of aromatic nitrogens is 3. The Balaban J connectivity index is 0.000000486. The van der Waals surface area contributed by atoms with Crippen molar-refractivity contribution in [1.82, 2.24) is 20.3 Å². The number of nitrogens with zero attached hydrogens (tertiary/aromatic N) is 5. The molecule has 5 aromatic carbocycles. The topological polar surface area (TPSA) is 297 Å². The number of hydrogen-bond donors (Lipinski definition) is 7. The lowest BCUT2D eigenvalue weighted by atomic mass is 10.1. The molecule has 0 bridgehead atoms. The molecule has 1 aromatic heterocycles. The normalized spacial score (nSPS) is 12.2. The van der Waals surface area contributed by atoms with E-state index in [9.17, 15) is 44.0 Å². The number of hydrogen-bond acceptors (Lipinski definition) is 15. The fourth-order valence-corrected chi connectivity index (χ4v) is 7.52. The molecule has 0 aliphatic heterocycles. The van der Waals surface area contributed by atoms with Crippen molar-refractivity contribution in [2.75, 3.05) is 18.1 Å². The predicted octanol–water partition coefficient (Wildman–Crippen LogP) is 5.73. The number of rotatable bonds is 9. The third kappa shape index (κ3) is 9.21. The molecule has 0 fully saturated rings. The number of anilines is 3. The van der Waals surface area contributed by atoms with E-state index >= 15 is 0 Å². The zero-order valence-corrected chi connectivity index (χ0v) is 31.1. The van der Waals surface area contributed by atoms with Crippen LogP contribution in [0.3, 0.4) is 0 Å². The Labute approximate surface area is 313 Å². The lowest BCUT2D eigenvalue weighted by Crippen LogP contribution is -2.04. The van der Waals surface area contributed by atoms with Gasteiger partial charge in [-0.25, -0.2) is 4.98 Å². The average molecular weight is 817 g/mol. The molecule has 0 unspecified atom stereocenters. The molecule has 0 aliphatic carbocycles. The van der Waals surface area contributed by atoms with Crippen LogP contribution < -0.4 is 16.4 Å². The first-order chi connectivity index (χ1) is 25.3. The second-order valence-electron chi connectivity index (χ2n) is 11.3. The van der Waals surface area contributed by atoms with Crippen LogP contribution in [-0.2, 0) is 36.9 Å². The number of fused-ring (bicyclic) bond motifs is 2. The molecule has 18 nitrogen and oxygen atoms in total. The van der Waals surface area contributed by atoms with Crippen LogP contribution in [0.5, 0.6) is 5.75 Å². The molecule has 0 spiro atoms. The zero-order valence-electron chi connectivity index (χ0n) is 27.9. The van der Waals surface area contributed by atoms with Gasteiger partial charge in [-0.1, -0.05) is 36.4 Å². The van der Waals surface area contributed by atoms with Gasteiger partial charge in [0.15, 0.2) is 5.75 Å². The molecule has 0 radical (unpaired) electrons. The van der Waals surface area contributed by atoms with Gasteiger partial charge in [-0.05, 0) is 79.0 Å². The zero-order chi connectivity index (χ0) is 39.6. The van der Waals surface area contributed by atoms with E-state index < -0.39 is 56.5 Å². The number of benzene rings is 5. The summed E-state index contributed by atoms with van der Waals surface area (Å²) in [6, 6.07) is 18.0. The summed E-state index contributed by atoms with van der Waals surface area (Å²) in [5, 5.41) is 24.0. The Bertz CT molecular complexity index is 2790. The molecule has 22 heteroatoms. The van der Waals surface area contributed by atoms with E-state index in [4.69, 9.17) is 17.3 Å². The number of nitrogen functional groups attached to an aromatic ring is 1. The highest BCUT2D eigenvalue weighted by molar-refractivity contribution is 7.86. The number of azo groups is 1. The highest BCUT2D eigenvalue weighted by atomic mass is 35.5. The van der Waals surface area contributed by atoms with Gasteiger partial charge >= 0.3 is 0 Å². The molecule has 6 aromatic rings. The van der Waals surface area contributed by atoms with Crippen molar-refractivity contribution >= 4 is 92.2 Å². The van der Waals surface area contributed by atoms with Crippen LogP contribution >= 0.6 is 11.6 Å². The molecular weight excluding hydrogens is 788 g/mol. The van der Waals surface area contributed by atoms with E-state index in [-0.39, 0.29) is 50.0 Å². The Morgan fingerprint density at radius 1 is 0.778 bits per heavy atom. The number of phenols is 1. The van der Waals surface area contributed by atoms with E-state index in [0.29, 0.717) is 0 Å². The van der Waals surface area contributed by atoms with Gasteiger partial charge in [-0.2, -0.15) is 35.2 Å². The summed E-state index contributed by atoms with van der Waals surface area (Å²) in [7, 11) is -12.6. The summed E-state index contributed by atoms with van der Waals surface area (Å²) < 4.78 is 101. The number of aromatic hydroxyl groups is 1. The van der Waals surface area contributed by atoms with Crippen molar-refractivity contribution in [3.63, 3.8) is 0 Å². The van der Waals surface area contributed by atoms with Crippen molar-refractivity contribution in [2.45, 2.75) is 28.2 Å². The maximum Gasteiger partial charge on any atom is 0.297 e. The Kier molecular flexibility index (Phi) is 11.4. The summed E-state index contributed by atoms with van der Waals surface area (Å²) in [6.45, 7) is 2.39. The van der Waals surface area contributed by atoms with E-state index in [1.807, 2.05) is 31.3 Å². The second kappa shape index (κ2) is 15.5. The highest BCUT2D eigenvalue weighted by Crippen LogP contribution is 2.43. The van der Waals surface area contributed by atoms with Crippen molar-refractivity contribution < 1.29 is 44.0 Å². The molecule has 8 N–H and O–H groups in total. The third-order valence-electron chi connectivity index (χ3n) is 7.39. The van der Waals surface area contributed by atoms with Crippen molar-refractivity contribution in [3.8, 4) is 5.75 Å². The lowest BCUT2D eigenvalue weighted by Gasteiger charge is -2.13. The summed E-state index contributed by atoms with van der Waals surface area (Å²) in [6.07, 6.45) is 0. The number of nitrogens with two attached hydrogens (primary N) is 1. The summed E-state index contributed by atoms with van der Waals surface area (Å²) >= 11 is 5.89. The SMILES string of the molecule is CNCc1cccc(N)c1.Cc1nc(Cl)nc(Nc2cc(S(=O)(=O)O)cc3ccc(N=Nc4ccc5c(S(=O)(=O)O)cccc5c4S(=O)(=O)O)c(O)c23)n1. The van der Waals surface area contributed by atoms with Crippen LogP contribution in [0, 0.1) is 6.92 Å². The van der Waals surface area contributed by atoms with Gasteiger partial charge in [-0.3, -0.25) is 13.7 Å². The van der Waals surface area contributed by atoms with Gasteiger partial charge in [0.25, 0.3) is 30.4 Å². The number of halogens is 1.